The minimum atomic E-state index is -0.519. The fourth-order valence-electron chi connectivity index (χ4n) is 2.26. The fraction of sp³-hybridized carbons (Fsp3) is 0.0526. The predicted molar refractivity (Wildman–Crippen MR) is 119 cm³/mol. The first-order valence-corrected chi connectivity index (χ1v) is 10.0. The zero-order valence-corrected chi connectivity index (χ0v) is 18.4. The smallest absolute Gasteiger partial charge is 0.277 e. The van der Waals surface area contributed by atoms with Crippen molar-refractivity contribution in [3.05, 3.63) is 78.5 Å². The van der Waals surface area contributed by atoms with E-state index in [1.54, 1.807) is 6.07 Å². The molecule has 0 atom stereocenters. The molecule has 1 N–H and O–H groups in total. The Morgan fingerprint density at radius 1 is 1.24 bits per heavy atom. The van der Waals surface area contributed by atoms with Crippen molar-refractivity contribution in [1.82, 2.24) is 5.43 Å². The number of carbonyl (C=O) groups is 1. The van der Waals surface area contributed by atoms with Gasteiger partial charge in [0, 0.05) is 21.3 Å². The Bertz CT molecular complexity index is 1070. The summed E-state index contributed by atoms with van der Waals surface area (Å²) in [4.78, 5) is 22.0. The summed E-state index contributed by atoms with van der Waals surface area (Å²) >= 11 is 5.40. The number of hydrogen-bond donors (Lipinski definition) is 1. The number of nitrogens with zero attached hydrogens (tertiary/aromatic N) is 2. The van der Waals surface area contributed by atoms with Gasteiger partial charge in [0.15, 0.2) is 6.61 Å². The maximum absolute atomic E-state index is 11.8. The molecule has 0 aliphatic heterocycles. The van der Waals surface area contributed by atoms with Crippen LogP contribution in [0.4, 0.5) is 5.69 Å². The molecule has 0 fully saturated rings. The highest BCUT2D eigenvalue weighted by Gasteiger charge is 2.11. The molecule has 1 heterocycles. The van der Waals surface area contributed by atoms with Crippen LogP contribution in [0.25, 0.3) is 11.3 Å². The third kappa shape index (κ3) is 5.87. The molecule has 0 aliphatic carbocycles. The molecule has 2 aromatic carbocycles. The van der Waals surface area contributed by atoms with Gasteiger partial charge in [-0.05, 0) is 68.9 Å². The number of benzene rings is 2. The molecule has 0 bridgehead atoms. The van der Waals surface area contributed by atoms with Crippen LogP contribution in [0.1, 0.15) is 5.76 Å². The number of furan rings is 1. The lowest BCUT2D eigenvalue weighted by Crippen LogP contribution is -2.24. The number of hydrazone groups is 1. The van der Waals surface area contributed by atoms with Gasteiger partial charge in [0.1, 0.15) is 17.3 Å². The lowest BCUT2D eigenvalue weighted by molar-refractivity contribution is -0.384. The van der Waals surface area contributed by atoms with Gasteiger partial charge in [0.2, 0.25) is 0 Å². The summed E-state index contributed by atoms with van der Waals surface area (Å²) in [6, 6.07) is 15.4. The first-order valence-electron chi connectivity index (χ1n) is 8.17. The van der Waals surface area contributed by atoms with Crippen LogP contribution in [-0.2, 0) is 4.79 Å². The van der Waals surface area contributed by atoms with Gasteiger partial charge in [-0.2, -0.15) is 5.10 Å². The Morgan fingerprint density at radius 3 is 2.69 bits per heavy atom. The number of rotatable bonds is 7. The van der Waals surface area contributed by atoms with Crippen molar-refractivity contribution in [3.8, 4) is 17.1 Å². The zero-order valence-electron chi connectivity index (χ0n) is 14.7. The molecule has 1 amide bonds. The van der Waals surface area contributed by atoms with Gasteiger partial charge in [-0.15, -0.1) is 0 Å². The SMILES string of the molecule is O=C(COc1ccc([N+](=O)[O-])cc1Br)N/N=C\c1ccc(-c2ccc(I)cc2)o1. The second-order valence-corrected chi connectivity index (χ2v) is 7.76. The number of hydrogen-bond acceptors (Lipinski definition) is 6. The molecule has 3 aromatic rings. The highest BCUT2D eigenvalue weighted by Crippen LogP contribution is 2.29. The summed E-state index contributed by atoms with van der Waals surface area (Å²) in [6.07, 6.45) is 1.38. The molecular formula is C19H13BrIN3O5. The summed E-state index contributed by atoms with van der Waals surface area (Å²) in [5, 5.41) is 14.6. The first-order chi connectivity index (χ1) is 13.9. The number of halogens is 2. The van der Waals surface area contributed by atoms with Gasteiger partial charge in [-0.1, -0.05) is 12.1 Å². The molecule has 1 aromatic heterocycles. The molecular weight excluding hydrogens is 557 g/mol. The van der Waals surface area contributed by atoms with Crippen LogP contribution in [-0.4, -0.2) is 23.7 Å². The molecule has 10 heteroatoms. The van der Waals surface area contributed by atoms with Crippen molar-refractivity contribution in [2.45, 2.75) is 0 Å². The van der Waals surface area contributed by atoms with Crippen LogP contribution in [0.5, 0.6) is 5.75 Å². The van der Waals surface area contributed by atoms with E-state index in [9.17, 15) is 14.9 Å². The minimum Gasteiger partial charge on any atom is -0.483 e. The highest BCUT2D eigenvalue weighted by molar-refractivity contribution is 14.1. The average Bonchev–Trinajstić information content (AvgIpc) is 3.16. The Morgan fingerprint density at radius 2 is 2.00 bits per heavy atom. The molecule has 0 aliphatic rings. The molecule has 29 heavy (non-hydrogen) atoms. The Hall–Kier alpha value is -2.73. The predicted octanol–water partition coefficient (Wildman–Crippen LogP) is 4.75. The van der Waals surface area contributed by atoms with E-state index in [1.807, 2.05) is 30.3 Å². The third-order valence-corrected chi connectivity index (χ3v) is 4.96. The molecule has 0 spiro atoms. The monoisotopic (exact) mass is 569 g/mol. The van der Waals surface area contributed by atoms with E-state index >= 15 is 0 Å². The maximum atomic E-state index is 11.8. The summed E-state index contributed by atoms with van der Waals surface area (Å²) in [6.45, 7) is -0.306. The number of nitro benzene ring substituents is 1. The summed E-state index contributed by atoms with van der Waals surface area (Å²) in [5.41, 5.74) is 3.19. The number of non-ortho nitro benzene ring substituents is 1. The third-order valence-electron chi connectivity index (χ3n) is 3.62. The van der Waals surface area contributed by atoms with Crippen molar-refractivity contribution in [2.75, 3.05) is 6.61 Å². The molecule has 0 unspecified atom stereocenters. The number of carbonyl (C=O) groups excluding carboxylic acids is 1. The molecule has 148 valence electrons. The van der Waals surface area contributed by atoms with Crippen LogP contribution in [0.3, 0.4) is 0 Å². The van der Waals surface area contributed by atoms with Gasteiger partial charge in [-0.3, -0.25) is 14.9 Å². The summed E-state index contributed by atoms with van der Waals surface area (Å²) in [7, 11) is 0. The molecule has 0 saturated carbocycles. The number of ether oxygens (including phenoxy) is 1. The van der Waals surface area contributed by atoms with Gasteiger partial charge >= 0.3 is 0 Å². The molecule has 8 nitrogen and oxygen atoms in total. The van der Waals surface area contributed by atoms with Gasteiger partial charge < -0.3 is 9.15 Å². The topological polar surface area (TPSA) is 107 Å². The van der Waals surface area contributed by atoms with E-state index in [4.69, 9.17) is 9.15 Å². The minimum absolute atomic E-state index is 0.0821. The largest absolute Gasteiger partial charge is 0.483 e. The van der Waals surface area contributed by atoms with Crippen molar-refractivity contribution < 1.29 is 18.9 Å². The molecule has 3 rings (SSSR count). The zero-order chi connectivity index (χ0) is 20.8. The average molecular weight is 570 g/mol. The van der Waals surface area contributed by atoms with Crippen LogP contribution in [0, 0.1) is 13.7 Å². The fourth-order valence-corrected chi connectivity index (χ4v) is 3.10. The van der Waals surface area contributed by atoms with Crippen molar-refractivity contribution in [1.29, 1.82) is 0 Å². The second kappa shape index (κ2) is 9.65. The van der Waals surface area contributed by atoms with Crippen molar-refractivity contribution in [3.63, 3.8) is 0 Å². The number of amides is 1. The van der Waals surface area contributed by atoms with E-state index in [0.29, 0.717) is 21.7 Å². The first kappa shape index (κ1) is 21.0. The Kier molecular flexibility index (Phi) is 6.99. The lowest BCUT2D eigenvalue weighted by atomic mass is 10.2. The van der Waals surface area contributed by atoms with Crippen molar-refractivity contribution in [2.24, 2.45) is 5.10 Å². The molecule has 0 saturated heterocycles. The maximum Gasteiger partial charge on any atom is 0.277 e. The van der Waals surface area contributed by atoms with E-state index in [1.165, 1.54) is 24.4 Å². The van der Waals surface area contributed by atoms with Crippen LogP contribution >= 0.6 is 38.5 Å². The lowest BCUT2D eigenvalue weighted by Gasteiger charge is -2.06. The highest BCUT2D eigenvalue weighted by atomic mass is 127. The number of nitro groups is 1. The summed E-state index contributed by atoms with van der Waals surface area (Å²) in [5.74, 6) is 0.997. The quantitative estimate of drug-likeness (QED) is 0.191. The summed E-state index contributed by atoms with van der Waals surface area (Å²) < 4.78 is 12.5. The van der Waals surface area contributed by atoms with Crippen LogP contribution in [0.2, 0.25) is 0 Å². The standard InChI is InChI=1S/C19H13BrIN3O5/c20-16-9-14(24(26)27)5-7-18(16)28-11-19(25)23-22-10-15-6-8-17(29-15)12-1-3-13(21)4-2-12/h1-10H,11H2,(H,23,25)/b22-10-. The van der Waals surface area contributed by atoms with Crippen LogP contribution < -0.4 is 10.2 Å². The van der Waals surface area contributed by atoms with E-state index < -0.39 is 10.8 Å². The van der Waals surface area contributed by atoms with Gasteiger partial charge in [0.25, 0.3) is 11.6 Å². The van der Waals surface area contributed by atoms with Crippen molar-refractivity contribution >= 4 is 56.3 Å². The molecule has 0 radical (unpaired) electrons. The van der Waals surface area contributed by atoms with Gasteiger partial charge in [0.05, 0.1) is 15.6 Å². The number of nitrogens with one attached hydrogen (secondary N) is 1. The van der Waals surface area contributed by atoms with E-state index in [0.717, 1.165) is 9.13 Å². The normalized spacial score (nSPS) is 10.8. The second-order valence-electron chi connectivity index (χ2n) is 5.66. The Labute approximate surface area is 187 Å². The Balaban J connectivity index is 1.51. The van der Waals surface area contributed by atoms with E-state index in [2.05, 4.69) is 49.0 Å². The van der Waals surface area contributed by atoms with Gasteiger partial charge in [-0.25, -0.2) is 5.43 Å². The van der Waals surface area contributed by atoms with Crippen LogP contribution in [0.15, 0.2) is 68.6 Å². The van der Waals surface area contributed by atoms with E-state index in [-0.39, 0.29) is 12.3 Å².